The lowest BCUT2D eigenvalue weighted by atomic mass is 9.99. The second-order valence-electron chi connectivity index (χ2n) is 4.69. The molecule has 0 radical (unpaired) electrons. The number of halogens is 3. The minimum absolute atomic E-state index is 0.289. The van der Waals surface area contributed by atoms with Gasteiger partial charge < -0.3 is 4.74 Å². The third-order valence-corrected chi connectivity index (χ3v) is 5.03. The third-order valence-electron chi connectivity index (χ3n) is 3.23. The van der Waals surface area contributed by atoms with E-state index in [-0.39, 0.29) is 5.38 Å². The molecule has 0 N–H and O–H groups in total. The first-order valence-electron chi connectivity index (χ1n) is 6.18. The summed E-state index contributed by atoms with van der Waals surface area (Å²) in [7, 11) is 1.68. The van der Waals surface area contributed by atoms with Crippen LogP contribution in [0.1, 0.15) is 27.6 Å². The zero-order valence-electron chi connectivity index (χ0n) is 11.5. The molecule has 0 fully saturated rings. The van der Waals surface area contributed by atoms with Crippen LogP contribution < -0.4 is 4.74 Å². The van der Waals surface area contributed by atoms with Crippen molar-refractivity contribution in [3.63, 3.8) is 0 Å². The smallest absolute Gasteiger partial charge is 0.124 e. The fourth-order valence-corrected chi connectivity index (χ4v) is 3.33. The Morgan fingerprint density at radius 2 is 1.75 bits per heavy atom. The average molecular weight is 374 g/mol. The van der Waals surface area contributed by atoms with Crippen LogP contribution in [0.3, 0.4) is 0 Å². The van der Waals surface area contributed by atoms with Gasteiger partial charge in [-0.15, -0.1) is 11.6 Å². The maximum absolute atomic E-state index is 6.60. The summed E-state index contributed by atoms with van der Waals surface area (Å²) >= 11 is 16.4. The molecule has 20 heavy (non-hydrogen) atoms. The molecule has 2 rings (SSSR count). The van der Waals surface area contributed by atoms with E-state index in [4.69, 9.17) is 27.9 Å². The van der Waals surface area contributed by atoms with Gasteiger partial charge >= 0.3 is 0 Å². The van der Waals surface area contributed by atoms with Crippen LogP contribution >= 0.6 is 39.1 Å². The van der Waals surface area contributed by atoms with E-state index in [1.165, 1.54) is 0 Å². The number of hydrogen-bond donors (Lipinski definition) is 0. The number of aryl methyl sites for hydroxylation is 2. The predicted octanol–water partition coefficient (Wildman–Crippen LogP) is 6.06. The highest BCUT2D eigenvalue weighted by Crippen LogP contribution is 2.39. The summed E-state index contributed by atoms with van der Waals surface area (Å²) < 4.78 is 6.23. The molecule has 0 aliphatic carbocycles. The zero-order chi connectivity index (χ0) is 14.9. The Kier molecular flexibility index (Phi) is 5.00. The topological polar surface area (TPSA) is 9.23 Å². The minimum atomic E-state index is -0.289. The van der Waals surface area contributed by atoms with Gasteiger partial charge in [0.15, 0.2) is 0 Å². The van der Waals surface area contributed by atoms with E-state index < -0.39 is 0 Å². The molecule has 0 saturated carbocycles. The molecule has 0 bridgehead atoms. The standard InChI is InChI=1S/C16H15BrCl2O/c1-9-7-11(8-10(2)16(9)20-3)14(18)12-5-4-6-13(17)15(12)19/h4-8,14H,1-3H3. The first-order chi connectivity index (χ1) is 9.45. The van der Waals surface area contributed by atoms with Crippen molar-refractivity contribution in [2.24, 2.45) is 0 Å². The van der Waals surface area contributed by atoms with Crippen molar-refractivity contribution in [2.75, 3.05) is 7.11 Å². The van der Waals surface area contributed by atoms with Crippen molar-refractivity contribution >= 4 is 39.1 Å². The summed E-state index contributed by atoms with van der Waals surface area (Å²) in [6.07, 6.45) is 0. The van der Waals surface area contributed by atoms with E-state index in [0.717, 1.165) is 32.5 Å². The summed E-state index contributed by atoms with van der Waals surface area (Å²) in [6.45, 7) is 4.03. The first-order valence-corrected chi connectivity index (χ1v) is 7.79. The third kappa shape index (κ3) is 2.98. The van der Waals surface area contributed by atoms with E-state index in [1.54, 1.807) is 7.11 Å². The van der Waals surface area contributed by atoms with Crippen molar-refractivity contribution < 1.29 is 4.74 Å². The van der Waals surface area contributed by atoms with Crippen LogP contribution in [0.4, 0.5) is 0 Å². The SMILES string of the molecule is COc1c(C)cc(C(Cl)c2cccc(Br)c2Cl)cc1C. The van der Waals surface area contributed by atoms with Crippen LogP contribution in [0.15, 0.2) is 34.8 Å². The van der Waals surface area contributed by atoms with E-state index in [0.29, 0.717) is 5.02 Å². The quantitative estimate of drug-likeness (QED) is 0.594. The number of hydrogen-bond acceptors (Lipinski definition) is 1. The second kappa shape index (κ2) is 6.38. The lowest BCUT2D eigenvalue weighted by Gasteiger charge is -2.16. The predicted molar refractivity (Wildman–Crippen MR) is 89.3 cm³/mol. The normalized spacial score (nSPS) is 12.3. The van der Waals surface area contributed by atoms with Crippen molar-refractivity contribution in [2.45, 2.75) is 19.2 Å². The van der Waals surface area contributed by atoms with Gasteiger partial charge in [-0.2, -0.15) is 0 Å². The highest BCUT2D eigenvalue weighted by Gasteiger charge is 2.17. The minimum Gasteiger partial charge on any atom is -0.496 e. The number of ether oxygens (including phenoxy) is 1. The molecule has 2 aromatic carbocycles. The molecule has 0 aromatic heterocycles. The molecule has 0 spiro atoms. The van der Waals surface area contributed by atoms with Crippen molar-refractivity contribution in [1.29, 1.82) is 0 Å². The Morgan fingerprint density at radius 3 is 2.30 bits per heavy atom. The Bertz CT molecular complexity index is 617. The number of rotatable bonds is 3. The van der Waals surface area contributed by atoms with Gasteiger partial charge in [-0.25, -0.2) is 0 Å². The largest absolute Gasteiger partial charge is 0.496 e. The van der Waals surface area contributed by atoms with Gasteiger partial charge in [0.2, 0.25) is 0 Å². The van der Waals surface area contributed by atoms with Crippen molar-refractivity contribution in [3.05, 3.63) is 62.1 Å². The molecule has 0 aliphatic heterocycles. The second-order valence-corrected chi connectivity index (χ2v) is 6.36. The van der Waals surface area contributed by atoms with Crippen LogP contribution in [0, 0.1) is 13.8 Å². The summed E-state index contributed by atoms with van der Waals surface area (Å²) in [4.78, 5) is 0. The zero-order valence-corrected chi connectivity index (χ0v) is 14.6. The molecule has 1 nitrogen and oxygen atoms in total. The Labute approximate surface area is 138 Å². The van der Waals surface area contributed by atoms with Gasteiger partial charge in [-0.1, -0.05) is 35.9 Å². The van der Waals surface area contributed by atoms with Crippen LogP contribution in [-0.4, -0.2) is 7.11 Å². The van der Waals surface area contributed by atoms with Crippen LogP contribution in [0.2, 0.25) is 5.02 Å². The fourth-order valence-electron chi connectivity index (χ4n) is 2.35. The maximum atomic E-state index is 6.60. The Morgan fingerprint density at radius 1 is 1.15 bits per heavy atom. The maximum Gasteiger partial charge on any atom is 0.124 e. The first kappa shape index (κ1) is 15.7. The highest BCUT2D eigenvalue weighted by molar-refractivity contribution is 9.10. The molecular weight excluding hydrogens is 359 g/mol. The Balaban J connectivity index is 2.49. The van der Waals surface area contributed by atoms with E-state index in [2.05, 4.69) is 15.9 Å². The molecule has 0 aliphatic rings. The lowest BCUT2D eigenvalue weighted by Crippen LogP contribution is -1.99. The van der Waals surface area contributed by atoms with Gasteiger partial charge in [0.1, 0.15) is 5.75 Å². The molecule has 1 atom stereocenters. The molecule has 2 aromatic rings. The molecule has 1 unspecified atom stereocenters. The molecule has 106 valence electrons. The van der Waals surface area contributed by atoms with E-state index >= 15 is 0 Å². The summed E-state index contributed by atoms with van der Waals surface area (Å²) in [6, 6.07) is 9.87. The number of benzene rings is 2. The molecule has 0 saturated heterocycles. The number of methoxy groups -OCH3 is 1. The lowest BCUT2D eigenvalue weighted by molar-refractivity contribution is 0.408. The van der Waals surface area contributed by atoms with Crippen molar-refractivity contribution in [1.82, 2.24) is 0 Å². The van der Waals surface area contributed by atoms with Gasteiger partial charge in [0.05, 0.1) is 17.5 Å². The average Bonchev–Trinajstić information content (AvgIpc) is 2.41. The summed E-state index contributed by atoms with van der Waals surface area (Å²) in [5.41, 5.74) is 4.05. The summed E-state index contributed by atoms with van der Waals surface area (Å²) in [5.74, 6) is 0.901. The van der Waals surface area contributed by atoms with Gasteiger partial charge in [0.25, 0.3) is 0 Å². The monoisotopic (exact) mass is 372 g/mol. The van der Waals surface area contributed by atoms with Crippen LogP contribution in [0.5, 0.6) is 5.75 Å². The number of alkyl halides is 1. The van der Waals surface area contributed by atoms with E-state index in [1.807, 2.05) is 44.2 Å². The Hall–Kier alpha value is -0.700. The highest BCUT2D eigenvalue weighted by atomic mass is 79.9. The molecule has 4 heteroatoms. The van der Waals surface area contributed by atoms with Crippen LogP contribution in [-0.2, 0) is 0 Å². The van der Waals surface area contributed by atoms with Crippen LogP contribution in [0.25, 0.3) is 0 Å². The van der Waals surface area contributed by atoms with Gasteiger partial charge in [-0.05, 0) is 58.1 Å². The molecule has 0 heterocycles. The molecule has 0 amide bonds. The summed E-state index contributed by atoms with van der Waals surface area (Å²) in [5, 5.41) is 0.363. The van der Waals surface area contributed by atoms with Gasteiger partial charge in [-0.3, -0.25) is 0 Å². The molecular formula is C16H15BrCl2O. The van der Waals surface area contributed by atoms with E-state index in [9.17, 15) is 0 Å². The van der Waals surface area contributed by atoms with Gasteiger partial charge in [0, 0.05) is 4.47 Å². The van der Waals surface area contributed by atoms with Crippen molar-refractivity contribution in [3.8, 4) is 5.75 Å². The fraction of sp³-hybridized carbons (Fsp3) is 0.250.